The fourth-order valence-electron chi connectivity index (χ4n) is 1.27. The summed E-state index contributed by atoms with van der Waals surface area (Å²) in [5, 5.41) is 10.4. The Bertz CT molecular complexity index is 604. The highest BCUT2D eigenvalue weighted by Gasteiger charge is 2.12. The van der Waals surface area contributed by atoms with E-state index in [1.54, 1.807) is 11.4 Å². The molecule has 0 aliphatic heterocycles. The molecule has 0 bridgehead atoms. The van der Waals surface area contributed by atoms with Crippen LogP contribution in [0.5, 0.6) is 0 Å². The van der Waals surface area contributed by atoms with Gasteiger partial charge in [0.1, 0.15) is 17.1 Å². The first-order valence-corrected chi connectivity index (χ1v) is 5.76. The van der Waals surface area contributed by atoms with Crippen molar-refractivity contribution < 1.29 is 14.6 Å². The minimum atomic E-state index is -1.05. The second-order valence-corrected chi connectivity index (χ2v) is 4.36. The third kappa shape index (κ3) is 2.51. The molecular weight excluding hydrogens is 244 g/mol. The molecule has 7 heteroatoms. The molecular formula is C10H10N2O4S. The Morgan fingerprint density at radius 3 is 3.18 bits per heavy atom. The van der Waals surface area contributed by atoms with Crippen LogP contribution < -0.4 is 5.56 Å². The van der Waals surface area contributed by atoms with Crippen molar-refractivity contribution in [2.45, 2.75) is 19.6 Å². The lowest BCUT2D eigenvalue weighted by Gasteiger charge is -2.07. The molecule has 90 valence electrons. The lowest BCUT2D eigenvalue weighted by molar-refractivity contribution is -0.150. The van der Waals surface area contributed by atoms with E-state index in [0.29, 0.717) is 16.0 Å². The number of carboxylic acids is 1. The summed E-state index contributed by atoms with van der Waals surface area (Å²) in [6, 6.07) is 1.74. The van der Waals surface area contributed by atoms with E-state index in [9.17, 15) is 9.59 Å². The normalized spacial score (nSPS) is 12.8. The third-order valence-electron chi connectivity index (χ3n) is 2.18. The first-order valence-electron chi connectivity index (χ1n) is 4.88. The maximum absolute atomic E-state index is 11.6. The summed E-state index contributed by atoms with van der Waals surface area (Å²) in [5.41, 5.74) is 0.368. The number of aromatic amines is 1. The second kappa shape index (κ2) is 4.64. The maximum atomic E-state index is 11.6. The van der Waals surface area contributed by atoms with Crippen molar-refractivity contribution in [3.8, 4) is 0 Å². The number of rotatable bonds is 4. The highest BCUT2D eigenvalue weighted by molar-refractivity contribution is 7.17. The molecule has 0 fully saturated rings. The van der Waals surface area contributed by atoms with Crippen molar-refractivity contribution in [2.24, 2.45) is 0 Å². The van der Waals surface area contributed by atoms with Gasteiger partial charge in [-0.2, -0.15) is 0 Å². The highest BCUT2D eigenvalue weighted by atomic mass is 32.1. The van der Waals surface area contributed by atoms with Crippen molar-refractivity contribution in [1.29, 1.82) is 0 Å². The molecule has 0 radical (unpaired) electrons. The molecule has 17 heavy (non-hydrogen) atoms. The van der Waals surface area contributed by atoms with Crippen molar-refractivity contribution in [2.75, 3.05) is 0 Å². The van der Waals surface area contributed by atoms with E-state index in [4.69, 9.17) is 9.84 Å². The summed E-state index contributed by atoms with van der Waals surface area (Å²) in [6.45, 7) is 1.39. The number of aliphatic carboxylic acids is 1. The number of ether oxygens (including phenoxy) is 1. The average molecular weight is 254 g/mol. The largest absolute Gasteiger partial charge is 0.479 e. The summed E-state index contributed by atoms with van der Waals surface area (Å²) < 4.78 is 5.60. The van der Waals surface area contributed by atoms with E-state index >= 15 is 0 Å². The Hall–Kier alpha value is -1.73. The molecule has 0 saturated carbocycles. The molecule has 1 unspecified atom stereocenters. The van der Waals surface area contributed by atoms with Crippen LogP contribution in [0.1, 0.15) is 12.7 Å². The molecule has 1 atom stereocenters. The number of aromatic nitrogens is 2. The Balaban J connectivity index is 2.19. The van der Waals surface area contributed by atoms with Crippen LogP contribution in [0.4, 0.5) is 0 Å². The smallest absolute Gasteiger partial charge is 0.332 e. The Morgan fingerprint density at radius 2 is 2.47 bits per heavy atom. The van der Waals surface area contributed by atoms with Gasteiger partial charge in [0.05, 0.1) is 5.52 Å². The Morgan fingerprint density at radius 1 is 1.71 bits per heavy atom. The Kier molecular flexibility index (Phi) is 3.21. The summed E-state index contributed by atoms with van der Waals surface area (Å²) in [6.07, 6.45) is -0.932. The molecule has 2 aromatic rings. The van der Waals surface area contributed by atoms with Gasteiger partial charge in [-0.25, -0.2) is 9.78 Å². The van der Waals surface area contributed by atoms with Crippen LogP contribution in [0.2, 0.25) is 0 Å². The van der Waals surface area contributed by atoms with Gasteiger partial charge in [-0.15, -0.1) is 11.3 Å². The number of thiophene rings is 1. The van der Waals surface area contributed by atoms with Crippen LogP contribution >= 0.6 is 11.3 Å². The minimum Gasteiger partial charge on any atom is -0.479 e. The monoisotopic (exact) mass is 254 g/mol. The zero-order valence-corrected chi connectivity index (χ0v) is 9.78. The van der Waals surface area contributed by atoms with E-state index < -0.39 is 12.1 Å². The van der Waals surface area contributed by atoms with Crippen LogP contribution in [-0.2, 0) is 16.1 Å². The van der Waals surface area contributed by atoms with Crippen molar-refractivity contribution >= 4 is 27.5 Å². The fraction of sp³-hybridized carbons (Fsp3) is 0.300. The highest BCUT2D eigenvalue weighted by Crippen LogP contribution is 2.13. The number of nitrogens with one attached hydrogen (secondary N) is 1. The number of H-pyrrole nitrogens is 1. The van der Waals surface area contributed by atoms with Gasteiger partial charge in [-0.1, -0.05) is 0 Å². The molecule has 0 aliphatic carbocycles. The predicted octanol–water partition coefficient (Wildman–Crippen LogP) is 0.974. The fourth-order valence-corrected chi connectivity index (χ4v) is 1.99. The molecule has 2 heterocycles. The van der Waals surface area contributed by atoms with Crippen LogP contribution in [0.15, 0.2) is 16.2 Å². The number of nitrogens with zero attached hydrogens (tertiary/aromatic N) is 1. The molecule has 6 nitrogen and oxygen atoms in total. The number of hydrogen-bond donors (Lipinski definition) is 2. The van der Waals surface area contributed by atoms with Gasteiger partial charge < -0.3 is 14.8 Å². The molecule has 2 rings (SSSR count). The van der Waals surface area contributed by atoms with Crippen LogP contribution in [0.3, 0.4) is 0 Å². The van der Waals surface area contributed by atoms with Gasteiger partial charge >= 0.3 is 5.97 Å². The van der Waals surface area contributed by atoms with E-state index in [1.807, 2.05) is 0 Å². The van der Waals surface area contributed by atoms with E-state index in [1.165, 1.54) is 18.3 Å². The van der Waals surface area contributed by atoms with E-state index in [-0.39, 0.29) is 12.2 Å². The number of carbonyl (C=O) groups is 1. The SMILES string of the molecule is CC(OCc1nc2ccsc2c(=O)[nH]1)C(=O)O. The van der Waals surface area contributed by atoms with Crippen molar-refractivity contribution in [1.82, 2.24) is 9.97 Å². The van der Waals surface area contributed by atoms with Gasteiger partial charge in [0.15, 0.2) is 6.10 Å². The molecule has 2 aromatic heterocycles. The molecule has 0 aromatic carbocycles. The maximum Gasteiger partial charge on any atom is 0.332 e. The third-order valence-corrected chi connectivity index (χ3v) is 3.08. The van der Waals surface area contributed by atoms with Gasteiger partial charge in [-0.3, -0.25) is 4.79 Å². The summed E-state index contributed by atoms with van der Waals surface area (Å²) in [4.78, 5) is 28.8. The topological polar surface area (TPSA) is 92.3 Å². The zero-order chi connectivity index (χ0) is 12.4. The summed E-state index contributed by atoms with van der Waals surface area (Å²) in [5.74, 6) is -0.724. The minimum absolute atomic E-state index is 0.0332. The first kappa shape index (κ1) is 11.7. The van der Waals surface area contributed by atoms with Gasteiger partial charge in [0.2, 0.25) is 0 Å². The van der Waals surface area contributed by atoms with E-state index in [0.717, 1.165) is 0 Å². The average Bonchev–Trinajstić information content (AvgIpc) is 2.74. The van der Waals surface area contributed by atoms with Gasteiger partial charge in [-0.05, 0) is 18.4 Å². The zero-order valence-electron chi connectivity index (χ0n) is 8.97. The molecule has 0 amide bonds. The lowest BCUT2D eigenvalue weighted by atomic mass is 10.4. The Labute approximate surface area is 99.9 Å². The summed E-state index contributed by atoms with van der Waals surface area (Å²) in [7, 11) is 0. The predicted molar refractivity (Wildman–Crippen MR) is 62.1 cm³/mol. The van der Waals surface area contributed by atoms with Crippen molar-refractivity contribution in [3.63, 3.8) is 0 Å². The molecule has 0 saturated heterocycles. The standard InChI is InChI=1S/C10H10N2O4S/c1-5(10(14)15)16-4-7-11-6-2-3-17-8(6)9(13)12-7/h2-3,5H,4H2,1H3,(H,14,15)(H,11,12,13). The number of carboxylic acid groups (broad SMARTS) is 1. The lowest BCUT2D eigenvalue weighted by Crippen LogP contribution is -2.21. The van der Waals surface area contributed by atoms with Gasteiger partial charge in [0, 0.05) is 0 Å². The molecule has 0 aliphatic rings. The van der Waals surface area contributed by atoms with Crippen LogP contribution in [0, 0.1) is 0 Å². The van der Waals surface area contributed by atoms with E-state index in [2.05, 4.69) is 9.97 Å². The molecule has 2 N–H and O–H groups in total. The van der Waals surface area contributed by atoms with Gasteiger partial charge in [0.25, 0.3) is 5.56 Å². The summed E-state index contributed by atoms with van der Waals surface area (Å²) >= 11 is 1.31. The second-order valence-electron chi connectivity index (χ2n) is 3.44. The number of fused-ring (bicyclic) bond motifs is 1. The van der Waals surface area contributed by atoms with Crippen molar-refractivity contribution in [3.05, 3.63) is 27.6 Å². The quantitative estimate of drug-likeness (QED) is 0.848. The molecule has 0 spiro atoms. The van der Waals surface area contributed by atoms with Crippen LogP contribution in [-0.4, -0.2) is 27.1 Å². The first-order chi connectivity index (χ1) is 8.08. The van der Waals surface area contributed by atoms with Crippen LogP contribution in [0.25, 0.3) is 10.2 Å². The number of hydrogen-bond acceptors (Lipinski definition) is 5.